The summed E-state index contributed by atoms with van der Waals surface area (Å²) in [6.07, 6.45) is 11.9. The summed E-state index contributed by atoms with van der Waals surface area (Å²) >= 11 is 0. The van der Waals surface area contributed by atoms with Crippen molar-refractivity contribution in [3.05, 3.63) is 0 Å². The molecule has 0 radical (unpaired) electrons. The molecule has 1 saturated heterocycles. The number of unbranched alkanes of at least 4 members (excludes halogenated alkanes) is 8. The molecule has 6 heteroatoms. The van der Waals surface area contributed by atoms with E-state index >= 15 is 0 Å². The van der Waals surface area contributed by atoms with Crippen LogP contribution in [0.4, 0.5) is 0 Å². The Morgan fingerprint density at radius 2 is 1.71 bits per heavy atom. The summed E-state index contributed by atoms with van der Waals surface area (Å²) in [6, 6.07) is -0.798. The Morgan fingerprint density at radius 3 is 2.21 bits per heavy atom. The van der Waals surface area contributed by atoms with E-state index in [-0.39, 0.29) is 37.1 Å². The van der Waals surface area contributed by atoms with Crippen LogP contribution in [0.5, 0.6) is 0 Å². The molecular weight excluding hydrogens is 315 g/mol. The number of carboxylic acid groups (broad SMARTS) is 1. The van der Waals surface area contributed by atoms with Crippen LogP contribution in [-0.2, 0) is 4.79 Å². The third-order valence-electron chi connectivity index (χ3n) is 4.80. The van der Waals surface area contributed by atoms with Crippen molar-refractivity contribution in [3.8, 4) is 0 Å². The van der Waals surface area contributed by atoms with Gasteiger partial charge in [-0.3, -0.25) is 9.69 Å². The van der Waals surface area contributed by atoms with E-state index in [1.807, 2.05) is 4.90 Å². The van der Waals surface area contributed by atoms with Crippen LogP contribution in [0.2, 0.25) is 0 Å². The standard InChI is InChI=1S/C18H36N2O3.Na.H/c1-3-4-5-6-7-8-9-10-11-12-16-19-13-14-20(16)17(15(2)21)18(22)23;;/h15-17,19,21H,3-14H2,1-2H3,(H,22,23);;/q;+1;-1. The summed E-state index contributed by atoms with van der Waals surface area (Å²) in [4.78, 5) is 13.3. The van der Waals surface area contributed by atoms with Gasteiger partial charge in [-0.25, -0.2) is 0 Å². The number of nitrogens with zero attached hydrogens (tertiary/aromatic N) is 1. The van der Waals surface area contributed by atoms with E-state index in [0.717, 1.165) is 19.4 Å². The van der Waals surface area contributed by atoms with Gasteiger partial charge in [0.05, 0.1) is 12.3 Å². The fourth-order valence-corrected chi connectivity index (χ4v) is 3.51. The molecule has 1 heterocycles. The Kier molecular flexibility index (Phi) is 14.7. The summed E-state index contributed by atoms with van der Waals surface area (Å²) in [5, 5.41) is 22.4. The maximum atomic E-state index is 11.4. The average molecular weight is 352 g/mol. The third kappa shape index (κ3) is 9.16. The Balaban J connectivity index is 0. The van der Waals surface area contributed by atoms with Gasteiger partial charge in [-0.15, -0.1) is 0 Å². The molecule has 3 unspecified atom stereocenters. The first kappa shape index (κ1) is 24.4. The molecule has 0 bridgehead atoms. The van der Waals surface area contributed by atoms with Gasteiger partial charge in [-0.1, -0.05) is 64.7 Å². The van der Waals surface area contributed by atoms with Gasteiger partial charge in [0.25, 0.3) is 0 Å². The Bertz CT molecular complexity index is 335. The van der Waals surface area contributed by atoms with Crippen LogP contribution in [0.1, 0.15) is 79.5 Å². The molecule has 0 amide bonds. The average Bonchev–Trinajstić information content (AvgIpc) is 2.93. The molecule has 5 nitrogen and oxygen atoms in total. The van der Waals surface area contributed by atoms with Crippen LogP contribution in [-0.4, -0.2) is 52.5 Å². The predicted octanol–water partition coefficient (Wildman–Crippen LogP) is 0.0891. The molecule has 1 aliphatic rings. The van der Waals surface area contributed by atoms with E-state index in [0.29, 0.717) is 6.54 Å². The van der Waals surface area contributed by atoms with Crippen molar-refractivity contribution >= 4 is 5.97 Å². The summed E-state index contributed by atoms with van der Waals surface area (Å²) in [6.45, 7) is 5.31. The number of hydrogen-bond donors (Lipinski definition) is 3. The van der Waals surface area contributed by atoms with E-state index in [9.17, 15) is 15.0 Å². The largest absolute Gasteiger partial charge is 1.00 e. The summed E-state index contributed by atoms with van der Waals surface area (Å²) in [5.74, 6) is -0.930. The van der Waals surface area contributed by atoms with Gasteiger partial charge in [0.1, 0.15) is 6.04 Å². The second kappa shape index (κ2) is 14.5. The zero-order valence-corrected chi connectivity index (χ0v) is 18.0. The van der Waals surface area contributed by atoms with Crippen LogP contribution >= 0.6 is 0 Å². The van der Waals surface area contributed by atoms with Gasteiger partial charge >= 0.3 is 35.5 Å². The molecule has 0 aromatic rings. The molecule has 24 heavy (non-hydrogen) atoms. The second-order valence-corrected chi connectivity index (χ2v) is 6.85. The van der Waals surface area contributed by atoms with Crippen molar-refractivity contribution in [3.63, 3.8) is 0 Å². The second-order valence-electron chi connectivity index (χ2n) is 6.85. The van der Waals surface area contributed by atoms with Gasteiger partial charge in [-0.2, -0.15) is 0 Å². The van der Waals surface area contributed by atoms with Crippen LogP contribution in [0, 0.1) is 0 Å². The maximum absolute atomic E-state index is 11.4. The molecule has 0 aromatic heterocycles. The third-order valence-corrected chi connectivity index (χ3v) is 4.80. The molecular formula is C18H37N2NaO3. The summed E-state index contributed by atoms with van der Waals surface area (Å²) in [7, 11) is 0. The zero-order chi connectivity index (χ0) is 17.1. The number of nitrogens with one attached hydrogen (secondary N) is 1. The van der Waals surface area contributed by atoms with Crippen LogP contribution in [0.15, 0.2) is 0 Å². The Labute approximate surface area is 171 Å². The summed E-state index contributed by atoms with van der Waals surface area (Å²) < 4.78 is 0. The van der Waals surface area contributed by atoms with Crippen molar-refractivity contribution in [2.24, 2.45) is 0 Å². The van der Waals surface area contributed by atoms with Crippen molar-refractivity contribution in [1.82, 2.24) is 10.2 Å². The molecule has 0 aliphatic carbocycles. The van der Waals surface area contributed by atoms with Crippen molar-refractivity contribution in [1.29, 1.82) is 0 Å². The normalized spacial score (nSPS) is 20.5. The van der Waals surface area contributed by atoms with Crippen molar-refractivity contribution in [2.45, 2.75) is 96.4 Å². The van der Waals surface area contributed by atoms with E-state index < -0.39 is 18.1 Å². The molecule has 3 atom stereocenters. The minimum absolute atomic E-state index is 0. The SMILES string of the molecule is CCCCCCCCCCCC1NCCN1C(C(=O)O)C(C)O.[H-].[Na+]. The monoisotopic (exact) mass is 352 g/mol. The quantitative estimate of drug-likeness (QED) is 0.324. The smallest absolute Gasteiger partial charge is 1.00 e. The summed E-state index contributed by atoms with van der Waals surface area (Å²) in [5.41, 5.74) is 0. The van der Waals surface area contributed by atoms with Gasteiger partial charge in [0.15, 0.2) is 0 Å². The molecule has 1 rings (SSSR count). The number of carboxylic acids is 1. The number of aliphatic hydroxyl groups is 1. The van der Waals surface area contributed by atoms with E-state index in [1.54, 1.807) is 6.92 Å². The molecule has 138 valence electrons. The fraction of sp³-hybridized carbons (Fsp3) is 0.944. The molecule has 1 aliphatic heterocycles. The first-order valence-electron chi connectivity index (χ1n) is 9.48. The minimum Gasteiger partial charge on any atom is -1.00 e. The topological polar surface area (TPSA) is 72.8 Å². The number of aliphatic hydroxyl groups excluding tert-OH is 1. The van der Waals surface area contributed by atoms with E-state index in [1.165, 1.54) is 51.4 Å². The number of aliphatic carboxylic acids is 1. The van der Waals surface area contributed by atoms with Gasteiger partial charge in [0, 0.05) is 13.1 Å². The van der Waals surface area contributed by atoms with Gasteiger partial charge in [0.2, 0.25) is 0 Å². The Morgan fingerprint density at radius 1 is 1.17 bits per heavy atom. The van der Waals surface area contributed by atoms with Gasteiger partial charge < -0.3 is 17.0 Å². The maximum Gasteiger partial charge on any atom is 1.00 e. The number of rotatable bonds is 13. The molecule has 0 aromatic carbocycles. The van der Waals surface area contributed by atoms with Crippen molar-refractivity contribution < 1.29 is 46.0 Å². The zero-order valence-electron chi connectivity index (χ0n) is 17.0. The van der Waals surface area contributed by atoms with E-state index in [2.05, 4.69) is 12.2 Å². The van der Waals surface area contributed by atoms with Crippen LogP contribution < -0.4 is 34.9 Å². The van der Waals surface area contributed by atoms with E-state index in [4.69, 9.17) is 0 Å². The molecule has 0 saturated carbocycles. The Hall–Kier alpha value is 0.350. The number of hydrogen-bond acceptors (Lipinski definition) is 4. The number of carbonyl (C=O) groups is 1. The van der Waals surface area contributed by atoms with Crippen LogP contribution in [0.25, 0.3) is 0 Å². The molecule has 1 fully saturated rings. The first-order valence-corrected chi connectivity index (χ1v) is 9.48. The predicted molar refractivity (Wildman–Crippen MR) is 94.6 cm³/mol. The van der Waals surface area contributed by atoms with Gasteiger partial charge in [-0.05, 0) is 13.3 Å². The molecule has 0 spiro atoms. The first-order chi connectivity index (χ1) is 11.1. The minimum atomic E-state index is -0.930. The van der Waals surface area contributed by atoms with Crippen LogP contribution in [0.3, 0.4) is 0 Å². The molecule has 3 N–H and O–H groups in total. The fourth-order valence-electron chi connectivity index (χ4n) is 3.51. The van der Waals surface area contributed by atoms with Crippen molar-refractivity contribution in [2.75, 3.05) is 13.1 Å².